The summed E-state index contributed by atoms with van der Waals surface area (Å²) in [6.45, 7) is 4.04. The van der Waals surface area contributed by atoms with Gasteiger partial charge in [-0.15, -0.1) is 0 Å². The number of hydrogen-bond donors (Lipinski definition) is 0. The van der Waals surface area contributed by atoms with Crippen molar-refractivity contribution < 1.29 is 19.1 Å². The molecule has 0 spiro atoms. The van der Waals surface area contributed by atoms with E-state index >= 15 is 0 Å². The Hall–Kier alpha value is -3.35. The molecule has 2 amide bonds. The molecular weight excluding hydrogens is 382 g/mol. The topological polar surface area (TPSA) is 71.4 Å². The van der Waals surface area contributed by atoms with Crippen molar-refractivity contribution in [2.45, 2.75) is 26.7 Å². The standard InChI is InChI=1S/C23H27N3O4/c1-6-16-13-18(7-9-20(16)25(3)15(2)27)23(28)26-12-11-19(24-26)17-8-10-21(29-4)22(14-17)30-5/h7-10,13-14H,6,11-12H2,1-5H3. The van der Waals surface area contributed by atoms with Gasteiger partial charge >= 0.3 is 0 Å². The molecule has 0 saturated carbocycles. The van der Waals surface area contributed by atoms with E-state index in [4.69, 9.17) is 9.47 Å². The number of amides is 2. The first-order valence-corrected chi connectivity index (χ1v) is 9.88. The van der Waals surface area contributed by atoms with Crippen LogP contribution in [-0.2, 0) is 11.2 Å². The van der Waals surface area contributed by atoms with E-state index in [-0.39, 0.29) is 11.8 Å². The maximum Gasteiger partial charge on any atom is 0.273 e. The summed E-state index contributed by atoms with van der Waals surface area (Å²) in [5.74, 6) is 1.07. The maximum atomic E-state index is 13.0. The largest absolute Gasteiger partial charge is 0.493 e. The van der Waals surface area contributed by atoms with Crippen molar-refractivity contribution in [2.75, 3.05) is 32.7 Å². The van der Waals surface area contributed by atoms with E-state index in [0.29, 0.717) is 36.4 Å². The number of benzene rings is 2. The Bertz CT molecular complexity index is 1000. The Morgan fingerprint density at radius 3 is 2.47 bits per heavy atom. The third-order valence-electron chi connectivity index (χ3n) is 5.29. The molecule has 7 heteroatoms. The second-order valence-corrected chi connectivity index (χ2v) is 7.07. The molecule has 0 unspecified atom stereocenters. The monoisotopic (exact) mass is 409 g/mol. The summed E-state index contributed by atoms with van der Waals surface area (Å²) in [5.41, 5.74) is 4.05. The van der Waals surface area contributed by atoms with Crippen LogP contribution in [-0.4, -0.2) is 50.3 Å². The molecule has 7 nitrogen and oxygen atoms in total. The van der Waals surface area contributed by atoms with Crippen LogP contribution in [0.4, 0.5) is 5.69 Å². The normalized spacial score (nSPS) is 13.1. The van der Waals surface area contributed by atoms with Crippen LogP contribution >= 0.6 is 0 Å². The first kappa shape index (κ1) is 21.4. The average Bonchev–Trinajstić information content (AvgIpc) is 3.27. The fourth-order valence-corrected chi connectivity index (χ4v) is 3.47. The Morgan fingerprint density at radius 2 is 1.83 bits per heavy atom. The quantitative estimate of drug-likeness (QED) is 0.732. The summed E-state index contributed by atoms with van der Waals surface area (Å²) < 4.78 is 10.6. The highest BCUT2D eigenvalue weighted by atomic mass is 16.5. The molecule has 1 aliphatic heterocycles. The van der Waals surface area contributed by atoms with Gasteiger partial charge in [-0.1, -0.05) is 6.92 Å². The van der Waals surface area contributed by atoms with Crippen LogP contribution in [0.5, 0.6) is 11.5 Å². The van der Waals surface area contributed by atoms with Crippen LogP contribution in [0.15, 0.2) is 41.5 Å². The van der Waals surface area contributed by atoms with Crippen LogP contribution in [0, 0.1) is 0 Å². The van der Waals surface area contributed by atoms with Crippen molar-refractivity contribution in [3.63, 3.8) is 0 Å². The van der Waals surface area contributed by atoms with E-state index < -0.39 is 0 Å². The van der Waals surface area contributed by atoms with Crippen LogP contribution in [0.25, 0.3) is 0 Å². The summed E-state index contributed by atoms with van der Waals surface area (Å²) in [6, 6.07) is 11.0. The number of ether oxygens (including phenoxy) is 2. The molecule has 0 radical (unpaired) electrons. The minimum absolute atomic E-state index is 0.0486. The van der Waals surface area contributed by atoms with Crippen molar-refractivity contribution in [1.82, 2.24) is 5.01 Å². The lowest BCUT2D eigenvalue weighted by molar-refractivity contribution is -0.116. The highest BCUT2D eigenvalue weighted by Crippen LogP contribution is 2.29. The van der Waals surface area contributed by atoms with E-state index in [0.717, 1.165) is 22.5 Å². The zero-order chi connectivity index (χ0) is 21.8. The summed E-state index contributed by atoms with van der Waals surface area (Å²) in [5, 5.41) is 6.04. The summed E-state index contributed by atoms with van der Waals surface area (Å²) in [4.78, 5) is 26.3. The van der Waals surface area contributed by atoms with E-state index in [1.54, 1.807) is 32.2 Å². The van der Waals surface area contributed by atoms with Crippen LogP contribution in [0.3, 0.4) is 0 Å². The van der Waals surface area contributed by atoms with Gasteiger partial charge in [0.15, 0.2) is 11.5 Å². The molecule has 2 aromatic carbocycles. The Labute approximate surface area is 176 Å². The fraction of sp³-hybridized carbons (Fsp3) is 0.348. The van der Waals surface area contributed by atoms with Gasteiger partial charge in [-0.05, 0) is 48.4 Å². The van der Waals surface area contributed by atoms with Crippen molar-refractivity contribution in [3.8, 4) is 11.5 Å². The van der Waals surface area contributed by atoms with Gasteiger partial charge in [-0.3, -0.25) is 9.59 Å². The fourth-order valence-electron chi connectivity index (χ4n) is 3.47. The number of anilines is 1. The second-order valence-electron chi connectivity index (χ2n) is 7.07. The Kier molecular flexibility index (Phi) is 6.40. The van der Waals surface area contributed by atoms with Crippen molar-refractivity contribution in [3.05, 3.63) is 53.1 Å². The number of nitrogens with zero attached hydrogens (tertiary/aromatic N) is 3. The number of aryl methyl sites for hydroxylation is 1. The number of rotatable bonds is 6. The van der Waals surface area contributed by atoms with E-state index in [1.807, 2.05) is 37.3 Å². The smallest absolute Gasteiger partial charge is 0.273 e. The summed E-state index contributed by atoms with van der Waals surface area (Å²) in [6.07, 6.45) is 1.38. The molecule has 1 aliphatic rings. The van der Waals surface area contributed by atoms with Gasteiger partial charge in [0.05, 0.1) is 26.5 Å². The Balaban J connectivity index is 1.85. The summed E-state index contributed by atoms with van der Waals surface area (Å²) in [7, 11) is 4.92. The van der Waals surface area contributed by atoms with E-state index in [1.165, 1.54) is 11.9 Å². The lowest BCUT2D eigenvalue weighted by Gasteiger charge is -2.20. The molecular formula is C23H27N3O4. The van der Waals surface area contributed by atoms with Crippen LogP contribution < -0.4 is 14.4 Å². The molecule has 0 aliphatic carbocycles. The lowest BCUT2D eigenvalue weighted by Crippen LogP contribution is -2.26. The van der Waals surface area contributed by atoms with Crippen molar-refractivity contribution in [2.24, 2.45) is 5.10 Å². The van der Waals surface area contributed by atoms with Gasteiger partial charge in [0, 0.05) is 37.2 Å². The molecule has 158 valence electrons. The van der Waals surface area contributed by atoms with Gasteiger partial charge in [-0.2, -0.15) is 5.10 Å². The molecule has 0 saturated heterocycles. The van der Waals surface area contributed by atoms with Gasteiger partial charge in [0.2, 0.25) is 5.91 Å². The van der Waals surface area contributed by atoms with Gasteiger partial charge < -0.3 is 14.4 Å². The van der Waals surface area contributed by atoms with Crippen LogP contribution in [0.2, 0.25) is 0 Å². The predicted molar refractivity (Wildman–Crippen MR) is 117 cm³/mol. The number of hydrogen-bond acceptors (Lipinski definition) is 5. The highest BCUT2D eigenvalue weighted by Gasteiger charge is 2.24. The molecule has 1 heterocycles. The average molecular weight is 409 g/mol. The SMILES string of the molecule is CCc1cc(C(=O)N2CCC(c3ccc(OC)c(OC)c3)=N2)ccc1N(C)C(C)=O. The molecule has 0 fully saturated rings. The first-order valence-electron chi connectivity index (χ1n) is 9.88. The van der Waals surface area contributed by atoms with Gasteiger partial charge in [0.25, 0.3) is 5.91 Å². The Morgan fingerprint density at radius 1 is 1.10 bits per heavy atom. The summed E-state index contributed by atoms with van der Waals surface area (Å²) >= 11 is 0. The molecule has 0 N–H and O–H groups in total. The first-order chi connectivity index (χ1) is 14.4. The molecule has 0 bridgehead atoms. The number of methoxy groups -OCH3 is 2. The van der Waals surface area contributed by atoms with E-state index in [9.17, 15) is 9.59 Å². The third kappa shape index (κ3) is 4.15. The zero-order valence-electron chi connectivity index (χ0n) is 18.1. The molecule has 0 aromatic heterocycles. The number of carbonyl (C=O) groups excluding carboxylic acids is 2. The van der Waals surface area contributed by atoms with Gasteiger partial charge in [0.1, 0.15) is 0 Å². The maximum absolute atomic E-state index is 13.0. The van der Waals surface area contributed by atoms with E-state index in [2.05, 4.69) is 5.10 Å². The van der Waals surface area contributed by atoms with Gasteiger partial charge in [-0.25, -0.2) is 5.01 Å². The molecule has 30 heavy (non-hydrogen) atoms. The van der Waals surface area contributed by atoms with Crippen molar-refractivity contribution >= 4 is 23.2 Å². The van der Waals surface area contributed by atoms with Crippen LogP contribution in [0.1, 0.15) is 41.8 Å². The zero-order valence-corrected chi connectivity index (χ0v) is 18.1. The molecule has 0 atom stereocenters. The lowest BCUT2D eigenvalue weighted by atomic mass is 10.0. The minimum atomic E-state index is -0.155. The highest BCUT2D eigenvalue weighted by molar-refractivity contribution is 6.05. The second kappa shape index (κ2) is 8.98. The number of hydrazone groups is 1. The third-order valence-corrected chi connectivity index (χ3v) is 5.29. The predicted octanol–water partition coefficient (Wildman–Crippen LogP) is 3.50. The minimum Gasteiger partial charge on any atom is -0.493 e. The molecule has 3 rings (SSSR count). The number of carbonyl (C=O) groups is 2. The molecule has 2 aromatic rings. The van der Waals surface area contributed by atoms with Crippen molar-refractivity contribution in [1.29, 1.82) is 0 Å².